The fourth-order valence-electron chi connectivity index (χ4n) is 1.76. The minimum atomic E-state index is 0.520. The molecule has 0 aliphatic carbocycles. The highest BCUT2D eigenvalue weighted by Gasteiger charge is 2.10. The van der Waals surface area contributed by atoms with E-state index in [1.54, 1.807) is 16.0 Å². The fourth-order valence-corrected chi connectivity index (χ4v) is 3.38. The average molecular weight is 307 g/mol. The molecule has 9 heteroatoms. The highest BCUT2D eigenvalue weighted by Crippen LogP contribution is 2.27. The van der Waals surface area contributed by atoms with E-state index in [1.165, 1.54) is 11.8 Å². The Morgan fingerprint density at radius 3 is 3.15 bits per heavy atom. The van der Waals surface area contributed by atoms with Crippen molar-refractivity contribution in [3.63, 3.8) is 0 Å². The maximum Gasteiger partial charge on any atom is 0.191 e. The van der Waals surface area contributed by atoms with E-state index in [9.17, 15) is 0 Å². The maximum atomic E-state index is 5.92. The van der Waals surface area contributed by atoms with E-state index >= 15 is 0 Å². The molecular weight excluding hydrogens is 294 g/mol. The lowest BCUT2D eigenvalue weighted by molar-refractivity contribution is 0.564. The first-order chi connectivity index (χ1) is 9.78. The molecule has 0 unspecified atom stereocenters. The molecule has 20 heavy (non-hydrogen) atoms. The number of nitrogen functional groups attached to an aromatic ring is 1. The molecule has 0 spiro atoms. The third-order valence-corrected chi connectivity index (χ3v) is 4.36. The first-order valence-electron chi connectivity index (χ1n) is 6.16. The smallest absolute Gasteiger partial charge is 0.191 e. The van der Waals surface area contributed by atoms with Gasteiger partial charge in [0.2, 0.25) is 0 Å². The third-order valence-electron chi connectivity index (χ3n) is 2.71. The molecule has 3 aromatic heterocycles. The van der Waals surface area contributed by atoms with Gasteiger partial charge in [-0.2, -0.15) is 0 Å². The average Bonchev–Trinajstić information content (AvgIpc) is 3.06. The van der Waals surface area contributed by atoms with Crippen LogP contribution in [0.15, 0.2) is 16.6 Å². The topological polar surface area (TPSA) is 95.4 Å². The van der Waals surface area contributed by atoms with E-state index in [4.69, 9.17) is 5.73 Å². The Balaban J connectivity index is 1.77. The molecule has 0 amide bonds. The molecule has 0 aromatic carbocycles. The summed E-state index contributed by atoms with van der Waals surface area (Å²) in [6.45, 7) is 2.91. The Bertz CT molecular complexity index is 720. The van der Waals surface area contributed by atoms with Crippen LogP contribution in [0, 0.1) is 0 Å². The van der Waals surface area contributed by atoms with Gasteiger partial charge in [-0.05, 0) is 28.3 Å². The quantitative estimate of drug-likeness (QED) is 0.568. The van der Waals surface area contributed by atoms with Crippen LogP contribution in [-0.2, 0) is 12.3 Å². The Morgan fingerprint density at radius 2 is 2.30 bits per heavy atom. The molecule has 0 saturated heterocycles. The van der Waals surface area contributed by atoms with Crippen LogP contribution in [0.1, 0.15) is 19.2 Å². The molecule has 0 atom stereocenters. The van der Waals surface area contributed by atoms with E-state index in [-0.39, 0.29) is 0 Å². The summed E-state index contributed by atoms with van der Waals surface area (Å²) in [5.41, 5.74) is 5.92. The van der Waals surface area contributed by atoms with Crippen molar-refractivity contribution in [1.82, 2.24) is 30.2 Å². The van der Waals surface area contributed by atoms with Crippen molar-refractivity contribution in [3.05, 3.63) is 17.3 Å². The second kappa shape index (κ2) is 5.71. The summed E-state index contributed by atoms with van der Waals surface area (Å²) < 4.78 is 1.81. The monoisotopic (exact) mass is 307 g/mol. The minimum absolute atomic E-state index is 0.520. The molecule has 0 aliphatic heterocycles. The van der Waals surface area contributed by atoms with Crippen molar-refractivity contribution >= 4 is 39.1 Å². The predicted molar refractivity (Wildman–Crippen MR) is 79.5 cm³/mol. The van der Waals surface area contributed by atoms with Crippen LogP contribution >= 0.6 is 23.1 Å². The second-order valence-electron chi connectivity index (χ2n) is 4.14. The first-order valence-corrected chi connectivity index (χ1v) is 8.03. The van der Waals surface area contributed by atoms with Crippen LogP contribution in [0.4, 0.5) is 5.82 Å². The van der Waals surface area contributed by atoms with Gasteiger partial charge in [-0.3, -0.25) is 0 Å². The molecular formula is C11H13N7S2. The van der Waals surface area contributed by atoms with Crippen molar-refractivity contribution in [2.24, 2.45) is 0 Å². The molecule has 0 saturated carbocycles. The molecule has 3 aromatic rings. The van der Waals surface area contributed by atoms with E-state index in [0.717, 1.165) is 29.0 Å². The zero-order valence-corrected chi connectivity index (χ0v) is 12.5. The van der Waals surface area contributed by atoms with Crippen molar-refractivity contribution in [1.29, 1.82) is 0 Å². The highest BCUT2D eigenvalue weighted by atomic mass is 32.2. The fraction of sp³-hybridized carbons (Fsp3) is 0.364. The number of hydrogen-bond acceptors (Lipinski definition) is 8. The summed E-state index contributed by atoms with van der Waals surface area (Å²) in [4.78, 5) is 9.70. The molecule has 3 rings (SSSR count). The van der Waals surface area contributed by atoms with Crippen LogP contribution < -0.4 is 5.73 Å². The Morgan fingerprint density at radius 1 is 1.40 bits per heavy atom. The highest BCUT2D eigenvalue weighted by molar-refractivity contribution is 7.98. The van der Waals surface area contributed by atoms with Gasteiger partial charge < -0.3 is 5.73 Å². The standard InChI is InChI=1S/C11H13N7S2/c1-2-4-18-8(15-16-17-18)6-20-11-13-9(12)7-3-5-19-10(7)14-11/h3,5H,2,4,6H2,1H3,(H2,12,13,14). The van der Waals surface area contributed by atoms with Crippen LogP contribution in [-0.4, -0.2) is 30.2 Å². The van der Waals surface area contributed by atoms with Crippen LogP contribution in [0.5, 0.6) is 0 Å². The lowest BCUT2D eigenvalue weighted by Crippen LogP contribution is -2.04. The van der Waals surface area contributed by atoms with E-state index in [1.807, 2.05) is 11.4 Å². The summed E-state index contributed by atoms with van der Waals surface area (Å²) in [7, 11) is 0. The first kappa shape index (κ1) is 13.3. The van der Waals surface area contributed by atoms with E-state index in [0.29, 0.717) is 16.7 Å². The number of thioether (sulfide) groups is 1. The van der Waals surface area contributed by atoms with Gasteiger partial charge in [-0.1, -0.05) is 18.7 Å². The lowest BCUT2D eigenvalue weighted by Gasteiger charge is -2.03. The molecule has 0 aliphatic rings. The van der Waals surface area contributed by atoms with Gasteiger partial charge >= 0.3 is 0 Å². The third kappa shape index (κ3) is 2.59. The Kier molecular flexibility index (Phi) is 3.79. The molecule has 7 nitrogen and oxygen atoms in total. The zero-order valence-electron chi connectivity index (χ0n) is 10.9. The van der Waals surface area contributed by atoms with Crippen LogP contribution in [0.2, 0.25) is 0 Å². The van der Waals surface area contributed by atoms with Gasteiger partial charge in [0.25, 0.3) is 0 Å². The number of hydrogen-bond donors (Lipinski definition) is 1. The normalized spacial score (nSPS) is 11.2. The Labute approximate surface area is 123 Å². The molecule has 2 N–H and O–H groups in total. The molecule has 0 radical (unpaired) electrons. The van der Waals surface area contributed by atoms with E-state index < -0.39 is 0 Å². The van der Waals surface area contributed by atoms with Gasteiger partial charge in [-0.25, -0.2) is 14.6 Å². The number of fused-ring (bicyclic) bond motifs is 1. The number of tetrazole rings is 1. The van der Waals surface area contributed by atoms with Gasteiger partial charge in [0, 0.05) is 6.54 Å². The molecule has 0 fully saturated rings. The maximum absolute atomic E-state index is 5.92. The van der Waals surface area contributed by atoms with Crippen molar-refractivity contribution < 1.29 is 0 Å². The number of rotatable bonds is 5. The largest absolute Gasteiger partial charge is 0.383 e. The van der Waals surface area contributed by atoms with Crippen molar-refractivity contribution in [2.45, 2.75) is 30.8 Å². The van der Waals surface area contributed by atoms with Gasteiger partial charge in [0.15, 0.2) is 11.0 Å². The lowest BCUT2D eigenvalue weighted by atomic mass is 10.4. The second-order valence-corrected chi connectivity index (χ2v) is 5.97. The zero-order chi connectivity index (χ0) is 13.9. The molecule has 0 bridgehead atoms. The number of aryl methyl sites for hydroxylation is 1. The number of nitrogens with zero attached hydrogens (tertiary/aromatic N) is 6. The summed E-state index contributed by atoms with van der Waals surface area (Å²) in [6.07, 6.45) is 0.993. The Hall–Kier alpha value is -1.74. The van der Waals surface area contributed by atoms with Crippen LogP contribution in [0.25, 0.3) is 10.2 Å². The molecule has 3 heterocycles. The van der Waals surface area contributed by atoms with Gasteiger partial charge in [0.05, 0.1) is 11.1 Å². The van der Waals surface area contributed by atoms with Crippen molar-refractivity contribution in [3.8, 4) is 0 Å². The number of aromatic nitrogens is 6. The van der Waals surface area contributed by atoms with Crippen LogP contribution in [0.3, 0.4) is 0 Å². The summed E-state index contributed by atoms with van der Waals surface area (Å²) in [6, 6.07) is 1.94. The SMILES string of the molecule is CCCn1nnnc1CSc1nc(N)c2ccsc2n1. The summed E-state index contributed by atoms with van der Waals surface area (Å²) in [5, 5.41) is 15.2. The van der Waals surface area contributed by atoms with Gasteiger partial charge in [-0.15, -0.1) is 16.4 Å². The predicted octanol–water partition coefficient (Wildman–Crippen LogP) is 1.96. The van der Waals surface area contributed by atoms with Crippen molar-refractivity contribution in [2.75, 3.05) is 5.73 Å². The number of thiophene rings is 1. The minimum Gasteiger partial charge on any atom is -0.383 e. The number of anilines is 1. The van der Waals surface area contributed by atoms with Gasteiger partial charge in [0.1, 0.15) is 10.6 Å². The number of nitrogens with two attached hydrogens (primary N) is 1. The summed E-state index contributed by atoms with van der Waals surface area (Å²) in [5.74, 6) is 1.97. The summed E-state index contributed by atoms with van der Waals surface area (Å²) >= 11 is 3.05. The van der Waals surface area contributed by atoms with E-state index in [2.05, 4.69) is 32.4 Å². The molecule has 104 valence electrons.